The lowest BCUT2D eigenvalue weighted by molar-refractivity contribution is -0.133. The maximum Gasteiger partial charge on any atom is 0.315 e. The van der Waals surface area contributed by atoms with Crippen molar-refractivity contribution in [3.05, 3.63) is 118 Å². The van der Waals surface area contributed by atoms with Crippen LogP contribution in [0.4, 0.5) is 0 Å². The van der Waals surface area contributed by atoms with E-state index >= 15 is 0 Å². The van der Waals surface area contributed by atoms with Gasteiger partial charge in [-0.25, -0.2) is 0 Å². The minimum atomic E-state index is -0.394. The first kappa shape index (κ1) is 30.9. The summed E-state index contributed by atoms with van der Waals surface area (Å²) in [5.41, 5.74) is 8.63. The van der Waals surface area contributed by atoms with Crippen LogP contribution in [0.2, 0.25) is 0 Å². The fraction of sp³-hybridized carbons (Fsp3) is 0.229. The fourth-order valence-corrected chi connectivity index (χ4v) is 5.06. The second-order valence-electron chi connectivity index (χ2n) is 10.6. The van der Waals surface area contributed by atoms with Gasteiger partial charge in [0.1, 0.15) is 0 Å². The van der Waals surface area contributed by atoms with Gasteiger partial charge < -0.3 is 15.6 Å². The summed E-state index contributed by atoms with van der Waals surface area (Å²) < 4.78 is 6.52. The number of hydrogen-bond donors (Lipinski definition) is 2. The Morgan fingerprint density at radius 2 is 1.50 bits per heavy atom. The summed E-state index contributed by atoms with van der Waals surface area (Å²) >= 11 is 3.63. The van der Waals surface area contributed by atoms with E-state index in [1.807, 2.05) is 48.5 Å². The van der Waals surface area contributed by atoms with Crippen LogP contribution < -0.4 is 10.5 Å². The van der Waals surface area contributed by atoms with E-state index in [4.69, 9.17) is 10.5 Å². The second-order valence-corrected chi connectivity index (χ2v) is 11.4. The molecule has 0 unspecified atom stereocenters. The zero-order valence-corrected chi connectivity index (χ0v) is 24.2. The van der Waals surface area contributed by atoms with Crippen LogP contribution in [-0.2, 0) is 23.1 Å². The summed E-state index contributed by atoms with van der Waals surface area (Å²) in [6.07, 6.45) is 1.08. The fourth-order valence-electron chi connectivity index (χ4n) is 4.37. The number of aromatic hydroxyl groups is 1. The predicted molar refractivity (Wildman–Crippen MR) is 171 cm³/mol. The largest absolute Gasteiger partial charge is 0.504 e. The Morgan fingerprint density at radius 1 is 0.850 bits per heavy atom. The van der Waals surface area contributed by atoms with Gasteiger partial charge in [0.15, 0.2) is 11.5 Å². The second kappa shape index (κ2) is 13.6. The van der Waals surface area contributed by atoms with Gasteiger partial charge in [0, 0.05) is 4.47 Å². The summed E-state index contributed by atoms with van der Waals surface area (Å²) in [6.45, 7) is 6.88. The molecule has 0 saturated carbocycles. The third-order valence-electron chi connectivity index (χ3n) is 6.57. The van der Waals surface area contributed by atoms with Gasteiger partial charge in [-0.05, 0) is 84.7 Å². The van der Waals surface area contributed by atoms with Gasteiger partial charge in [0.2, 0.25) is 0 Å². The molecule has 0 atom stereocenters. The van der Waals surface area contributed by atoms with Crippen molar-refractivity contribution in [2.45, 2.75) is 46.5 Å². The topological polar surface area (TPSA) is 72.5 Å². The first-order valence-corrected chi connectivity index (χ1v) is 13.8. The Hall–Kier alpha value is -3.67. The van der Waals surface area contributed by atoms with Crippen molar-refractivity contribution < 1.29 is 14.6 Å². The Morgan fingerprint density at radius 3 is 2.17 bits per heavy atom. The molecular weight excluding hydrogens is 562 g/mol. The molecule has 0 aliphatic heterocycles. The maximum absolute atomic E-state index is 12.2. The highest BCUT2D eigenvalue weighted by atomic mass is 79.9. The number of fused-ring (bicyclic) bond motifs is 2. The van der Waals surface area contributed by atoms with Crippen LogP contribution in [0.3, 0.4) is 0 Å². The molecule has 0 saturated heterocycles. The molecule has 0 radical (unpaired) electrons. The van der Waals surface area contributed by atoms with Crippen molar-refractivity contribution >= 4 is 43.4 Å². The highest BCUT2D eigenvalue weighted by Crippen LogP contribution is 2.32. The molecule has 0 aliphatic carbocycles. The molecule has 0 spiro atoms. The zero-order valence-electron chi connectivity index (χ0n) is 22.6. The number of ether oxygens (including phenoxy) is 1. The predicted octanol–water partition coefficient (Wildman–Crippen LogP) is 8.73. The van der Waals surface area contributed by atoms with E-state index < -0.39 is 5.97 Å². The highest BCUT2D eigenvalue weighted by molar-refractivity contribution is 9.10. The van der Waals surface area contributed by atoms with Crippen LogP contribution in [0.25, 0.3) is 21.5 Å². The monoisotopic (exact) mass is 599 g/mol. The van der Waals surface area contributed by atoms with Gasteiger partial charge in [-0.15, -0.1) is 0 Å². The standard InChI is InChI=1S/C22H22O3.C12H12BrN.CH4/c1-22(2,3)18-10-11-20(19(23)14-18)25-21(24)13-15-8-9-16-6-4-5-7-17(16)12-15;13-12-10(7-8-14)6-5-9-3-1-2-4-11(9)12;/h4-12,14,23H,13H2,1-3H3;1-6H,7-8,14H2;1H4. The molecule has 0 aliphatic rings. The lowest BCUT2D eigenvalue weighted by atomic mass is 9.87. The minimum absolute atomic E-state index is 0. The van der Waals surface area contributed by atoms with Gasteiger partial charge in [-0.2, -0.15) is 0 Å². The average molecular weight is 601 g/mol. The molecule has 5 aromatic carbocycles. The minimum Gasteiger partial charge on any atom is -0.504 e. The normalized spacial score (nSPS) is 10.9. The van der Waals surface area contributed by atoms with Crippen molar-refractivity contribution in [1.82, 2.24) is 0 Å². The smallest absolute Gasteiger partial charge is 0.315 e. The SMILES string of the molecule is C.CC(C)(C)c1ccc(OC(=O)Cc2ccc3ccccc3c2)c(O)c1.NCCc1ccc2ccccc2c1Br. The van der Waals surface area contributed by atoms with Crippen LogP contribution >= 0.6 is 15.9 Å². The highest BCUT2D eigenvalue weighted by Gasteiger charge is 2.17. The van der Waals surface area contributed by atoms with Crippen molar-refractivity contribution in [3.8, 4) is 11.5 Å². The van der Waals surface area contributed by atoms with E-state index in [1.54, 1.807) is 12.1 Å². The molecule has 0 fully saturated rings. The number of halogens is 1. The van der Waals surface area contributed by atoms with Gasteiger partial charge in [0.25, 0.3) is 0 Å². The van der Waals surface area contributed by atoms with Crippen molar-refractivity contribution in [2.24, 2.45) is 5.73 Å². The molecule has 5 heteroatoms. The molecule has 5 rings (SSSR count). The number of rotatable bonds is 5. The number of benzene rings is 5. The molecular formula is C35H38BrNO3. The van der Waals surface area contributed by atoms with Crippen LogP contribution in [0, 0.1) is 0 Å². The number of carbonyl (C=O) groups excluding carboxylic acids is 1. The lowest BCUT2D eigenvalue weighted by Gasteiger charge is -2.19. The van der Waals surface area contributed by atoms with E-state index in [0.717, 1.165) is 28.3 Å². The number of phenols is 1. The van der Waals surface area contributed by atoms with Gasteiger partial charge in [-0.3, -0.25) is 4.79 Å². The first-order valence-electron chi connectivity index (χ1n) is 13.0. The van der Waals surface area contributed by atoms with E-state index in [2.05, 4.69) is 73.1 Å². The Kier molecular flexibility index (Phi) is 10.5. The van der Waals surface area contributed by atoms with Crippen molar-refractivity contribution in [2.75, 3.05) is 6.54 Å². The number of nitrogens with two attached hydrogens (primary N) is 1. The quantitative estimate of drug-likeness (QED) is 0.156. The van der Waals surface area contributed by atoms with E-state index in [0.29, 0.717) is 6.54 Å². The molecule has 208 valence electrons. The van der Waals surface area contributed by atoms with Crippen LogP contribution in [0.1, 0.15) is 44.9 Å². The maximum atomic E-state index is 12.2. The lowest BCUT2D eigenvalue weighted by Crippen LogP contribution is -2.13. The molecule has 4 nitrogen and oxygen atoms in total. The van der Waals surface area contributed by atoms with Crippen LogP contribution in [-0.4, -0.2) is 17.6 Å². The summed E-state index contributed by atoms with van der Waals surface area (Å²) in [7, 11) is 0. The van der Waals surface area contributed by atoms with E-state index in [-0.39, 0.29) is 30.8 Å². The number of carbonyl (C=O) groups is 1. The molecule has 5 aromatic rings. The summed E-state index contributed by atoms with van der Waals surface area (Å²) in [5, 5.41) is 14.9. The third-order valence-corrected chi connectivity index (χ3v) is 7.50. The molecule has 0 aromatic heterocycles. The van der Waals surface area contributed by atoms with E-state index in [9.17, 15) is 9.90 Å². The molecule has 40 heavy (non-hydrogen) atoms. The molecule has 0 amide bonds. The van der Waals surface area contributed by atoms with Crippen LogP contribution in [0.5, 0.6) is 11.5 Å². The summed E-state index contributed by atoms with van der Waals surface area (Å²) in [6, 6.07) is 31.7. The molecule has 0 bridgehead atoms. The summed E-state index contributed by atoms with van der Waals surface area (Å²) in [4.78, 5) is 12.2. The van der Waals surface area contributed by atoms with E-state index in [1.165, 1.54) is 20.8 Å². The number of esters is 1. The number of hydrogen-bond acceptors (Lipinski definition) is 4. The Bertz CT molecular complexity index is 1600. The molecule has 3 N–H and O–H groups in total. The zero-order chi connectivity index (χ0) is 28.0. The Labute approximate surface area is 245 Å². The van der Waals surface area contributed by atoms with Crippen molar-refractivity contribution in [1.29, 1.82) is 0 Å². The number of phenolic OH excluding ortho intramolecular Hbond substituents is 1. The third kappa shape index (κ3) is 7.71. The van der Waals surface area contributed by atoms with Gasteiger partial charge in [-0.1, -0.05) is 113 Å². The van der Waals surface area contributed by atoms with Gasteiger partial charge >= 0.3 is 5.97 Å². The van der Waals surface area contributed by atoms with Crippen LogP contribution in [0.15, 0.2) is 102 Å². The van der Waals surface area contributed by atoms with Gasteiger partial charge in [0.05, 0.1) is 6.42 Å². The molecule has 0 heterocycles. The average Bonchev–Trinajstić information content (AvgIpc) is 2.91. The first-order chi connectivity index (χ1) is 18.7. The summed E-state index contributed by atoms with van der Waals surface area (Å²) in [5.74, 6) is -0.216. The van der Waals surface area contributed by atoms with Crippen molar-refractivity contribution in [3.63, 3.8) is 0 Å². The Balaban J connectivity index is 0.000000250.